The summed E-state index contributed by atoms with van der Waals surface area (Å²) in [6.07, 6.45) is 1.61. The molecule has 0 fully saturated rings. The Morgan fingerprint density at radius 1 is 1.33 bits per heavy atom. The molecule has 0 spiro atoms. The van der Waals surface area contributed by atoms with Crippen LogP contribution in [0, 0.1) is 11.3 Å². The third-order valence-corrected chi connectivity index (χ3v) is 3.21. The van der Waals surface area contributed by atoms with Crippen molar-refractivity contribution in [2.24, 2.45) is 0 Å². The maximum absolute atomic E-state index is 11.8. The van der Waals surface area contributed by atoms with Crippen LogP contribution in [0.15, 0.2) is 30.0 Å². The predicted octanol–water partition coefficient (Wildman–Crippen LogP) is 0.893. The lowest BCUT2D eigenvalue weighted by Crippen LogP contribution is -2.27. The number of hydrogen-bond acceptors (Lipinski definition) is 6. The molecule has 0 radical (unpaired) electrons. The molecule has 8 heteroatoms. The average Bonchev–Trinajstić information content (AvgIpc) is 3.03. The number of amides is 1. The van der Waals surface area contributed by atoms with Crippen LogP contribution in [0.2, 0.25) is 0 Å². The number of fused-ring (bicyclic) bond motifs is 1. The smallest absolute Gasteiger partial charge is 0.303 e. The second kappa shape index (κ2) is 8.43. The molecule has 0 aromatic heterocycles. The molecular formula is C16H17N3O5. The number of nitrogens with one attached hydrogen (secondary N) is 2. The molecule has 126 valence electrons. The lowest BCUT2D eigenvalue weighted by molar-refractivity contribution is -0.137. The van der Waals surface area contributed by atoms with Crippen LogP contribution in [0.25, 0.3) is 0 Å². The van der Waals surface area contributed by atoms with Gasteiger partial charge in [0.25, 0.3) is 5.91 Å². The van der Waals surface area contributed by atoms with Gasteiger partial charge in [0.05, 0.1) is 0 Å². The summed E-state index contributed by atoms with van der Waals surface area (Å²) in [5.41, 5.74) is 0.834. The van der Waals surface area contributed by atoms with Crippen molar-refractivity contribution in [2.75, 3.05) is 13.3 Å². The Hall–Kier alpha value is -3.21. The summed E-state index contributed by atoms with van der Waals surface area (Å²) < 4.78 is 10.5. The minimum atomic E-state index is -0.925. The standard InChI is InChI=1S/C16H17N3O5/c17-7-12(16(22)19-5-1-2-15(20)21)9-18-8-11-3-4-13-14(6-11)24-10-23-13/h3-4,6,9,18H,1-2,5,8,10H2,(H,19,22)(H,20,21)/b12-9-. The van der Waals surface area contributed by atoms with Crippen LogP contribution in [-0.2, 0) is 16.1 Å². The van der Waals surface area contributed by atoms with Crippen LogP contribution in [0.4, 0.5) is 0 Å². The van der Waals surface area contributed by atoms with Gasteiger partial charge in [-0.2, -0.15) is 5.26 Å². The number of ether oxygens (including phenoxy) is 2. The number of benzene rings is 1. The zero-order valence-corrected chi connectivity index (χ0v) is 12.9. The molecule has 3 N–H and O–H groups in total. The number of carboxylic acids is 1. The van der Waals surface area contributed by atoms with E-state index in [0.29, 0.717) is 24.5 Å². The van der Waals surface area contributed by atoms with E-state index in [0.717, 1.165) is 5.56 Å². The van der Waals surface area contributed by atoms with Gasteiger partial charge in [0.1, 0.15) is 11.6 Å². The molecule has 1 aromatic rings. The Balaban J connectivity index is 1.81. The van der Waals surface area contributed by atoms with Crippen molar-refractivity contribution in [1.29, 1.82) is 5.26 Å². The molecular weight excluding hydrogens is 314 g/mol. The molecule has 8 nitrogen and oxygen atoms in total. The van der Waals surface area contributed by atoms with Gasteiger partial charge in [-0.25, -0.2) is 0 Å². The zero-order chi connectivity index (χ0) is 17.4. The fraction of sp³-hybridized carbons (Fsp3) is 0.312. The average molecular weight is 331 g/mol. The van der Waals surface area contributed by atoms with E-state index in [1.54, 1.807) is 12.1 Å². The molecule has 1 aliphatic rings. The Bertz CT molecular complexity index is 693. The van der Waals surface area contributed by atoms with Gasteiger partial charge in [-0.15, -0.1) is 0 Å². The van der Waals surface area contributed by atoms with Gasteiger partial charge < -0.3 is 25.2 Å². The Morgan fingerprint density at radius 3 is 2.88 bits per heavy atom. The summed E-state index contributed by atoms with van der Waals surface area (Å²) in [5.74, 6) is -0.116. The number of aliphatic carboxylic acids is 1. The third kappa shape index (κ3) is 4.91. The number of carboxylic acid groups (broad SMARTS) is 1. The molecule has 24 heavy (non-hydrogen) atoms. The highest BCUT2D eigenvalue weighted by Crippen LogP contribution is 2.32. The lowest BCUT2D eigenvalue weighted by Gasteiger charge is -2.05. The molecule has 1 amide bonds. The lowest BCUT2D eigenvalue weighted by atomic mass is 10.2. The van der Waals surface area contributed by atoms with Gasteiger partial charge in [-0.05, 0) is 24.1 Å². The molecule has 0 aliphatic carbocycles. The van der Waals surface area contributed by atoms with E-state index in [9.17, 15) is 9.59 Å². The summed E-state index contributed by atoms with van der Waals surface area (Å²) >= 11 is 0. The number of rotatable bonds is 8. The van der Waals surface area contributed by atoms with Gasteiger partial charge in [0.2, 0.25) is 6.79 Å². The van der Waals surface area contributed by atoms with Crippen molar-refractivity contribution in [3.05, 3.63) is 35.5 Å². The molecule has 1 aromatic carbocycles. The van der Waals surface area contributed by atoms with Crippen LogP contribution in [-0.4, -0.2) is 30.3 Å². The van der Waals surface area contributed by atoms with E-state index in [1.807, 2.05) is 12.1 Å². The van der Waals surface area contributed by atoms with Crippen molar-refractivity contribution in [1.82, 2.24) is 10.6 Å². The van der Waals surface area contributed by atoms with Crippen LogP contribution in [0.1, 0.15) is 18.4 Å². The van der Waals surface area contributed by atoms with Gasteiger partial charge in [-0.3, -0.25) is 9.59 Å². The Morgan fingerprint density at radius 2 is 2.12 bits per heavy atom. The highest BCUT2D eigenvalue weighted by molar-refractivity contribution is 5.97. The first-order valence-electron chi connectivity index (χ1n) is 7.32. The van der Waals surface area contributed by atoms with Crippen molar-refractivity contribution in [3.63, 3.8) is 0 Å². The molecule has 0 atom stereocenters. The predicted molar refractivity (Wildman–Crippen MR) is 83.0 cm³/mol. The number of carbonyl (C=O) groups is 2. The van der Waals surface area contributed by atoms with E-state index in [1.165, 1.54) is 6.20 Å². The summed E-state index contributed by atoms with van der Waals surface area (Å²) in [7, 11) is 0. The van der Waals surface area contributed by atoms with Gasteiger partial charge in [0.15, 0.2) is 11.5 Å². The quantitative estimate of drug-likeness (QED) is 0.367. The molecule has 0 saturated heterocycles. The van der Waals surface area contributed by atoms with E-state index in [4.69, 9.17) is 19.8 Å². The fourth-order valence-corrected chi connectivity index (χ4v) is 2.01. The zero-order valence-electron chi connectivity index (χ0n) is 12.9. The summed E-state index contributed by atoms with van der Waals surface area (Å²) in [6, 6.07) is 7.27. The van der Waals surface area contributed by atoms with Crippen molar-refractivity contribution in [3.8, 4) is 17.6 Å². The van der Waals surface area contributed by atoms with Crippen LogP contribution in [0.5, 0.6) is 11.5 Å². The molecule has 2 rings (SSSR count). The summed E-state index contributed by atoms with van der Waals surface area (Å²) in [6.45, 7) is 0.813. The molecule has 0 bridgehead atoms. The highest BCUT2D eigenvalue weighted by atomic mass is 16.7. The van der Waals surface area contributed by atoms with Crippen molar-refractivity contribution >= 4 is 11.9 Å². The first-order chi connectivity index (χ1) is 11.6. The first-order valence-corrected chi connectivity index (χ1v) is 7.32. The molecule has 0 unspecified atom stereocenters. The number of nitrogens with zero attached hydrogens (tertiary/aromatic N) is 1. The SMILES string of the molecule is N#C/C(=C/NCc1ccc2c(c1)OCO2)C(=O)NCCCC(=O)O. The minimum absolute atomic E-state index is 0.0335. The second-order valence-corrected chi connectivity index (χ2v) is 4.99. The molecule has 1 heterocycles. The van der Waals surface area contributed by atoms with Gasteiger partial charge >= 0.3 is 5.97 Å². The largest absolute Gasteiger partial charge is 0.481 e. The number of carbonyl (C=O) groups excluding carboxylic acids is 1. The van der Waals surface area contributed by atoms with E-state index in [-0.39, 0.29) is 25.3 Å². The number of hydrogen-bond donors (Lipinski definition) is 3. The number of nitriles is 1. The van der Waals surface area contributed by atoms with Crippen molar-refractivity contribution in [2.45, 2.75) is 19.4 Å². The van der Waals surface area contributed by atoms with Crippen molar-refractivity contribution < 1.29 is 24.2 Å². The first kappa shape index (κ1) is 17.1. The Kier molecular flexibility index (Phi) is 6.02. The highest BCUT2D eigenvalue weighted by Gasteiger charge is 2.13. The van der Waals surface area contributed by atoms with E-state index < -0.39 is 11.9 Å². The maximum atomic E-state index is 11.8. The van der Waals surface area contributed by atoms with Gasteiger partial charge in [-0.1, -0.05) is 6.07 Å². The van der Waals surface area contributed by atoms with Crippen LogP contribution >= 0.6 is 0 Å². The molecule has 1 aliphatic heterocycles. The Labute approximate surface area is 138 Å². The topological polar surface area (TPSA) is 121 Å². The third-order valence-electron chi connectivity index (χ3n) is 3.21. The van der Waals surface area contributed by atoms with Gasteiger partial charge in [0, 0.05) is 25.7 Å². The summed E-state index contributed by atoms with van der Waals surface area (Å²) in [4.78, 5) is 22.2. The normalized spacial score (nSPS) is 12.4. The van der Waals surface area contributed by atoms with Crippen LogP contribution < -0.4 is 20.1 Å². The maximum Gasteiger partial charge on any atom is 0.303 e. The van der Waals surface area contributed by atoms with E-state index >= 15 is 0 Å². The van der Waals surface area contributed by atoms with Crippen LogP contribution in [0.3, 0.4) is 0 Å². The second-order valence-electron chi connectivity index (χ2n) is 4.99. The fourth-order valence-electron chi connectivity index (χ4n) is 2.01. The summed E-state index contributed by atoms with van der Waals surface area (Å²) in [5, 5.41) is 22.9. The van der Waals surface area contributed by atoms with E-state index in [2.05, 4.69) is 10.6 Å². The molecule has 0 saturated carbocycles. The monoisotopic (exact) mass is 331 g/mol. The minimum Gasteiger partial charge on any atom is -0.481 e.